The van der Waals surface area contributed by atoms with Crippen LogP contribution in [0, 0.1) is 10.1 Å². The van der Waals surface area contributed by atoms with Crippen molar-refractivity contribution >= 4 is 35.0 Å². The number of benzene rings is 2. The van der Waals surface area contributed by atoms with Crippen LogP contribution in [0.1, 0.15) is 15.9 Å². The van der Waals surface area contributed by atoms with Crippen LogP contribution in [0.4, 0.5) is 5.69 Å². The minimum absolute atomic E-state index is 0.154. The number of carbonyl (C=O) groups is 1. The Morgan fingerprint density at radius 3 is 2.68 bits per heavy atom. The Kier molecular flexibility index (Phi) is 6.27. The van der Waals surface area contributed by atoms with Crippen molar-refractivity contribution in [1.82, 2.24) is 20.1 Å². The van der Waals surface area contributed by atoms with E-state index in [1.807, 2.05) is 12.1 Å². The number of aryl methyl sites for hydroxylation is 1. The smallest absolute Gasteiger partial charge is 0.284 e. The molecule has 0 radical (unpaired) electrons. The molecule has 0 spiro atoms. The number of nitro benzene ring substituents is 1. The number of hydrogen-bond donors (Lipinski definition) is 1. The van der Waals surface area contributed by atoms with Gasteiger partial charge in [-0.15, -0.1) is 10.2 Å². The summed E-state index contributed by atoms with van der Waals surface area (Å²) in [5.74, 6) is -0.368. The Labute approximate surface area is 170 Å². The van der Waals surface area contributed by atoms with Gasteiger partial charge in [-0.05, 0) is 48.0 Å². The lowest BCUT2D eigenvalue weighted by Gasteiger charge is -2.07. The molecular weight excluding hydrogens is 402 g/mol. The van der Waals surface area contributed by atoms with Crippen molar-refractivity contribution < 1.29 is 9.72 Å². The van der Waals surface area contributed by atoms with E-state index in [0.29, 0.717) is 28.0 Å². The predicted molar refractivity (Wildman–Crippen MR) is 106 cm³/mol. The highest BCUT2D eigenvalue weighted by Gasteiger charge is 2.20. The molecule has 2 aromatic carbocycles. The van der Waals surface area contributed by atoms with Gasteiger partial charge in [0.1, 0.15) is 6.33 Å². The van der Waals surface area contributed by atoms with Gasteiger partial charge in [-0.3, -0.25) is 14.9 Å². The summed E-state index contributed by atoms with van der Waals surface area (Å²) in [5, 5.41) is 23.0. The molecule has 0 aliphatic rings. The molecule has 1 N–H and O–H groups in total. The minimum Gasteiger partial charge on any atom is -0.352 e. The van der Waals surface area contributed by atoms with Gasteiger partial charge in [0.25, 0.3) is 11.6 Å². The van der Waals surface area contributed by atoms with E-state index in [4.69, 9.17) is 11.6 Å². The molecule has 0 fully saturated rings. The summed E-state index contributed by atoms with van der Waals surface area (Å²) in [6.07, 6.45) is 2.14. The Bertz CT molecular complexity index is 1010. The Hall–Kier alpha value is -2.91. The molecule has 144 valence electrons. The highest BCUT2D eigenvalue weighted by atomic mass is 35.5. The van der Waals surface area contributed by atoms with Crippen LogP contribution < -0.4 is 5.32 Å². The monoisotopic (exact) mass is 417 g/mol. The van der Waals surface area contributed by atoms with Gasteiger partial charge in [-0.25, -0.2) is 0 Å². The fraction of sp³-hybridized carbons (Fsp3) is 0.167. The van der Waals surface area contributed by atoms with Crippen molar-refractivity contribution in [2.24, 2.45) is 7.05 Å². The van der Waals surface area contributed by atoms with Crippen molar-refractivity contribution in [2.45, 2.75) is 16.5 Å². The predicted octanol–water partition coefficient (Wildman–Crippen LogP) is 3.50. The maximum absolute atomic E-state index is 12.4. The SMILES string of the molecule is Cn1cnnc1Sc1ccc(C(=O)NCCc2ccc(Cl)cc2)cc1[N+](=O)[O-]. The molecule has 10 heteroatoms. The molecule has 1 aromatic heterocycles. The number of amides is 1. The molecule has 1 heterocycles. The molecule has 1 amide bonds. The summed E-state index contributed by atoms with van der Waals surface area (Å²) in [6, 6.07) is 11.7. The normalized spacial score (nSPS) is 10.6. The summed E-state index contributed by atoms with van der Waals surface area (Å²) < 4.78 is 1.66. The Morgan fingerprint density at radius 1 is 1.29 bits per heavy atom. The number of nitrogens with zero attached hydrogens (tertiary/aromatic N) is 4. The maximum atomic E-state index is 12.4. The number of aromatic nitrogens is 3. The average Bonchev–Trinajstić information content (AvgIpc) is 3.08. The fourth-order valence-corrected chi connectivity index (χ4v) is 3.40. The molecule has 0 saturated heterocycles. The van der Waals surface area contributed by atoms with E-state index in [9.17, 15) is 14.9 Å². The third-order valence-electron chi connectivity index (χ3n) is 3.90. The van der Waals surface area contributed by atoms with E-state index in [0.717, 1.165) is 17.3 Å². The van der Waals surface area contributed by atoms with Crippen molar-refractivity contribution in [2.75, 3.05) is 6.54 Å². The zero-order valence-corrected chi connectivity index (χ0v) is 16.4. The fourth-order valence-electron chi connectivity index (χ4n) is 2.42. The Morgan fingerprint density at radius 2 is 2.04 bits per heavy atom. The summed E-state index contributed by atoms with van der Waals surface area (Å²) in [6.45, 7) is 0.406. The van der Waals surface area contributed by atoms with Crippen molar-refractivity contribution in [1.29, 1.82) is 0 Å². The van der Waals surface area contributed by atoms with Crippen LogP contribution in [0.25, 0.3) is 0 Å². The van der Waals surface area contributed by atoms with Gasteiger partial charge in [0, 0.05) is 30.2 Å². The lowest BCUT2D eigenvalue weighted by atomic mass is 10.1. The summed E-state index contributed by atoms with van der Waals surface area (Å²) in [5.41, 5.74) is 1.11. The van der Waals surface area contributed by atoms with Crippen LogP contribution in [-0.2, 0) is 13.5 Å². The molecule has 28 heavy (non-hydrogen) atoms. The molecule has 0 aliphatic heterocycles. The highest BCUT2D eigenvalue weighted by molar-refractivity contribution is 7.99. The summed E-state index contributed by atoms with van der Waals surface area (Å²) >= 11 is 6.97. The van der Waals surface area contributed by atoms with Gasteiger partial charge in [-0.2, -0.15) is 0 Å². The number of carbonyl (C=O) groups excluding carboxylic acids is 1. The molecular formula is C18H16ClN5O3S. The van der Waals surface area contributed by atoms with Crippen LogP contribution in [0.2, 0.25) is 5.02 Å². The van der Waals surface area contributed by atoms with E-state index in [1.165, 1.54) is 12.4 Å². The quantitative estimate of drug-likeness (QED) is 0.466. The molecule has 8 nitrogen and oxygen atoms in total. The number of hydrogen-bond acceptors (Lipinski definition) is 6. The first-order valence-corrected chi connectivity index (χ1v) is 9.46. The van der Waals surface area contributed by atoms with Gasteiger partial charge in [0.15, 0.2) is 5.16 Å². The van der Waals surface area contributed by atoms with Gasteiger partial charge in [-0.1, -0.05) is 23.7 Å². The number of nitro groups is 1. The third kappa shape index (κ3) is 4.87. The average molecular weight is 418 g/mol. The van der Waals surface area contributed by atoms with E-state index in [-0.39, 0.29) is 17.2 Å². The molecule has 0 aliphatic carbocycles. The van der Waals surface area contributed by atoms with Gasteiger partial charge < -0.3 is 9.88 Å². The van der Waals surface area contributed by atoms with Gasteiger partial charge >= 0.3 is 0 Å². The topological polar surface area (TPSA) is 103 Å². The van der Waals surface area contributed by atoms with Gasteiger partial charge in [0.2, 0.25) is 0 Å². The van der Waals surface area contributed by atoms with Crippen molar-refractivity contribution in [3.05, 3.63) is 75.1 Å². The second-order valence-corrected chi connectivity index (χ2v) is 7.34. The number of rotatable bonds is 7. The van der Waals surface area contributed by atoms with Crippen molar-refractivity contribution in [3.8, 4) is 0 Å². The molecule has 3 aromatic rings. The molecule has 0 bridgehead atoms. The number of nitrogens with one attached hydrogen (secondary N) is 1. The molecule has 0 unspecified atom stereocenters. The second-order valence-electron chi connectivity index (χ2n) is 5.90. The van der Waals surface area contributed by atoms with Gasteiger partial charge in [0.05, 0.1) is 9.82 Å². The van der Waals surface area contributed by atoms with Crippen molar-refractivity contribution in [3.63, 3.8) is 0 Å². The van der Waals surface area contributed by atoms with E-state index >= 15 is 0 Å². The third-order valence-corrected chi connectivity index (χ3v) is 5.27. The minimum atomic E-state index is -0.511. The van der Waals surface area contributed by atoms with E-state index < -0.39 is 4.92 Å². The first kappa shape index (κ1) is 19.8. The highest BCUT2D eigenvalue weighted by Crippen LogP contribution is 2.34. The van der Waals surface area contributed by atoms with Crippen LogP contribution in [0.5, 0.6) is 0 Å². The van der Waals surface area contributed by atoms with Crippen LogP contribution in [-0.4, -0.2) is 32.1 Å². The zero-order valence-electron chi connectivity index (χ0n) is 14.8. The van der Waals surface area contributed by atoms with E-state index in [2.05, 4.69) is 15.5 Å². The van der Waals surface area contributed by atoms with E-state index in [1.54, 1.807) is 35.9 Å². The standard InChI is InChI=1S/C18H16ClN5O3S/c1-23-11-21-22-18(23)28-16-7-4-13(10-15(16)24(26)27)17(25)20-9-8-12-2-5-14(19)6-3-12/h2-7,10-11H,8-9H2,1H3,(H,20,25). The summed E-state index contributed by atoms with van der Waals surface area (Å²) in [7, 11) is 1.75. The molecule has 0 saturated carbocycles. The Balaban J connectivity index is 1.68. The largest absolute Gasteiger partial charge is 0.352 e. The number of halogens is 1. The second kappa shape index (κ2) is 8.85. The van der Waals surface area contributed by atoms with Crippen LogP contribution in [0.15, 0.2) is 58.8 Å². The molecule has 3 rings (SSSR count). The lowest BCUT2D eigenvalue weighted by Crippen LogP contribution is -2.25. The molecule has 0 atom stereocenters. The first-order chi connectivity index (χ1) is 13.4. The maximum Gasteiger partial charge on any atom is 0.284 e. The summed E-state index contributed by atoms with van der Waals surface area (Å²) in [4.78, 5) is 23.7. The first-order valence-electron chi connectivity index (χ1n) is 8.27. The van der Waals surface area contributed by atoms with Crippen LogP contribution >= 0.6 is 23.4 Å². The van der Waals surface area contributed by atoms with Crippen LogP contribution in [0.3, 0.4) is 0 Å². The zero-order chi connectivity index (χ0) is 20.1. The lowest BCUT2D eigenvalue weighted by molar-refractivity contribution is -0.387.